The van der Waals surface area contributed by atoms with E-state index in [4.69, 9.17) is 4.74 Å². The SMILES string of the molecule is CNC(C(C)C)C(O)c1ccc(OC(C)C)cc1. The lowest BCUT2D eigenvalue weighted by atomic mass is 9.93. The van der Waals surface area contributed by atoms with Crippen LogP contribution in [0.4, 0.5) is 0 Å². The summed E-state index contributed by atoms with van der Waals surface area (Å²) in [6, 6.07) is 7.73. The highest BCUT2D eigenvalue weighted by Gasteiger charge is 2.22. The maximum Gasteiger partial charge on any atom is 0.119 e. The second kappa shape index (κ2) is 6.76. The van der Waals surface area contributed by atoms with Gasteiger partial charge in [0.05, 0.1) is 12.2 Å². The molecular formula is C15H25NO2. The van der Waals surface area contributed by atoms with Gasteiger partial charge in [-0.05, 0) is 44.5 Å². The van der Waals surface area contributed by atoms with Crippen LogP contribution in [0.15, 0.2) is 24.3 Å². The fourth-order valence-corrected chi connectivity index (χ4v) is 2.08. The Kier molecular flexibility index (Phi) is 5.63. The van der Waals surface area contributed by atoms with Gasteiger partial charge in [0, 0.05) is 6.04 Å². The van der Waals surface area contributed by atoms with Gasteiger partial charge in [-0.15, -0.1) is 0 Å². The van der Waals surface area contributed by atoms with E-state index in [1.54, 1.807) is 0 Å². The normalized spacial score (nSPS) is 14.9. The van der Waals surface area contributed by atoms with E-state index < -0.39 is 6.10 Å². The van der Waals surface area contributed by atoms with E-state index in [2.05, 4.69) is 19.2 Å². The molecule has 2 unspecified atom stereocenters. The number of rotatable bonds is 6. The summed E-state index contributed by atoms with van der Waals surface area (Å²) in [4.78, 5) is 0. The van der Waals surface area contributed by atoms with Gasteiger partial charge in [-0.1, -0.05) is 26.0 Å². The number of hydrogen-bond donors (Lipinski definition) is 2. The second-order valence-electron chi connectivity index (χ2n) is 5.24. The molecule has 0 saturated heterocycles. The first-order chi connectivity index (χ1) is 8.45. The Bertz CT molecular complexity index is 346. The van der Waals surface area contributed by atoms with E-state index in [-0.39, 0.29) is 12.1 Å². The van der Waals surface area contributed by atoms with Crippen molar-refractivity contribution >= 4 is 0 Å². The van der Waals surface area contributed by atoms with Crippen LogP contribution in [-0.2, 0) is 0 Å². The lowest BCUT2D eigenvalue weighted by Crippen LogP contribution is -2.36. The lowest BCUT2D eigenvalue weighted by Gasteiger charge is -2.26. The third kappa shape index (κ3) is 4.00. The highest BCUT2D eigenvalue weighted by Crippen LogP contribution is 2.24. The molecule has 3 nitrogen and oxygen atoms in total. The van der Waals surface area contributed by atoms with Crippen molar-refractivity contribution in [2.24, 2.45) is 5.92 Å². The molecule has 0 spiro atoms. The molecule has 2 atom stereocenters. The number of aliphatic hydroxyl groups excluding tert-OH is 1. The zero-order valence-corrected chi connectivity index (χ0v) is 12.0. The summed E-state index contributed by atoms with van der Waals surface area (Å²) in [5.41, 5.74) is 0.916. The Hall–Kier alpha value is -1.06. The van der Waals surface area contributed by atoms with Crippen LogP contribution in [0.1, 0.15) is 39.4 Å². The Balaban J connectivity index is 2.77. The Labute approximate surface area is 110 Å². The Morgan fingerprint density at radius 3 is 2.00 bits per heavy atom. The summed E-state index contributed by atoms with van der Waals surface area (Å²) >= 11 is 0. The molecule has 0 aliphatic rings. The first-order valence-electron chi connectivity index (χ1n) is 6.57. The maximum absolute atomic E-state index is 10.3. The van der Waals surface area contributed by atoms with E-state index >= 15 is 0 Å². The predicted octanol–water partition coefficient (Wildman–Crippen LogP) is 2.75. The van der Waals surface area contributed by atoms with E-state index in [1.165, 1.54) is 0 Å². The van der Waals surface area contributed by atoms with Gasteiger partial charge in [0.15, 0.2) is 0 Å². The minimum atomic E-state index is -0.497. The molecule has 1 rings (SSSR count). The van der Waals surface area contributed by atoms with Crippen LogP contribution < -0.4 is 10.1 Å². The summed E-state index contributed by atoms with van der Waals surface area (Å²) in [5.74, 6) is 1.21. The highest BCUT2D eigenvalue weighted by atomic mass is 16.5. The smallest absolute Gasteiger partial charge is 0.119 e. The quantitative estimate of drug-likeness (QED) is 0.817. The van der Waals surface area contributed by atoms with Gasteiger partial charge in [0.1, 0.15) is 5.75 Å². The Morgan fingerprint density at radius 1 is 1.06 bits per heavy atom. The Morgan fingerprint density at radius 2 is 1.61 bits per heavy atom. The number of aliphatic hydroxyl groups is 1. The maximum atomic E-state index is 10.3. The molecule has 102 valence electrons. The summed E-state index contributed by atoms with van der Waals surface area (Å²) < 4.78 is 5.59. The molecule has 0 aliphatic heterocycles. The molecule has 18 heavy (non-hydrogen) atoms. The average Bonchev–Trinajstić information content (AvgIpc) is 2.29. The predicted molar refractivity (Wildman–Crippen MR) is 74.9 cm³/mol. The first-order valence-corrected chi connectivity index (χ1v) is 6.57. The molecular weight excluding hydrogens is 226 g/mol. The molecule has 0 saturated carbocycles. The molecule has 0 aliphatic carbocycles. The van der Waals surface area contributed by atoms with E-state index in [0.717, 1.165) is 11.3 Å². The van der Waals surface area contributed by atoms with Crippen molar-refractivity contribution in [1.29, 1.82) is 0 Å². The van der Waals surface area contributed by atoms with E-state index in [9.17, 15) is 5.11 Å². The van der Waals surface area contributed by atoms with Crippen LogP contribution in [0.3, 0.4) is 0 Å². The van der Waals surface area contributed by atoms with Crippen LogP contribution in [0.25, 0.3) is 0 Å². The largest absolute Gasteiger partial charge is 0.491 e. The molecule has 3 heteroatoms. The molecule has 0 heterocycles. The van der Waals surface area contributed by atoms with Gasteiger partial charge in [0.2, 0.25) is 0 Å². The molecule has 1 aromatic rings. The van der Waals surface area contributed by atoms with Gasteiger partial charge < -0.3 is 15.2 Å². The van der Waals surface area contributed by atoms with Crippen molar-refractivity contribution in [2.75, 3.05) is 7.05 Å². The van der Waals surface area contributed by atoms with Crippen LogP contribution in [0, 0.1) is 5.92 Å². The third-order valence-electron chi connectivity index (χ3n) is 2.99. The third-order valence-corrected chi connectivity index (χ3v) is 2.99. The van der Waals surface area contributed by atoms with E-state index in [1.807, 2.05) is 45.2 Å². The van der Waals surface area contributed by atoms with Crippen LogP contribution in [-0.4, -0.2) is 24.3 Å². The number of hydrogen-bond acceptors (Lipinski definition) is 3. The summed E-state index contributed by atoms with van der Waals surface area (Å²) in [5, 5.41) is 13.5. The topological polar surface area (TPSA) is 41.5 Å². The monoisotopic (exact) mass is 251 g/mol. The zero-order valence-electron chi connectivity index (χ0n) is 12.0. The molecule has 0 bridgehead atoms. The van der Waals surface area contributed by atoms with Gasteiger partial charge in [-0.25, -0.2) is 0 Å². The van der Waals surface area contributed by atoms with Gasteiger partial charge in [0.25, 0.3) is 0 Å². The van der Waals surface area contributed by atoms with E-state index in [0.29, 0.717) is 5.92 Å². The molecule has 2 N–H and O–H groups in total. The minimum absolute atomic E-state index is 0.0573. The highest BCUT2D eigenvalue weighted by molar-refractivity contribution is 5.29. The fourth-order valence-electron chi connectivity index (χ4n) is 2.08. The zero-order chi connectivity index (χ0) is 13.7. The van der Waals surface area contributed by atoms with Crippen molar-refractivity contribution in [1.82, 2.24) is 5.32 Å². The average molecular weight is 251 g/mol. The fraction of sp³-hybridized carbons (Fsp3) is 0.600. The summed E-state index contributed by atoms with van der Waals surface area (Å²) in [6.07, 6.45) is -0.329. The lowest BCUT2D eigenvalue weighted by molar-refractivity contribution is 0.110. The van der Waals surface area contributed by atoms with Crippen molar-refractivity contribution < 1.29 is 9.84 Å². The summed E-state index contributed by atoms with van der Waals surface area (Å²) in [7, 11) is 1.88. The first kappa shape index (κ1) is 15.0. The van der Waals surface area contributed by atoms with Crippen LogP contribution in [0.5, 0.6) is 5.75 Å². The molecule has 0 radical (unpaired) electrons. The number of ether oxygens (including phenoxy) is 1. The molecule has 0 fully saturated rings. The number of nitrogens with one attached hydrogen (secondary N) is 1. The molecule has 0 amide bonds. The van der Waals surface area contributed by atoms with Crippen molar-refractivity contribution in [3.05, 3.63) is 29.8 Å². The van der Waals surface area contributed by atoms with Crippen molar-refractivity contribution in [3.63, 3.8) is 0 Å². The van der Waals surface area contributed by atoms with Gasteiger partial charge in [-0.2, -0.15) is 0 Å². The van der Waals surface area contributed by atoms with Crippen LogP contribution in [0.2, 0.25) is 0 Å². The van der Waals surface area contributed by atoms with Crippen molar-refractivity contribution in [2.45, 2.75) is 45.9 Å². The van der Waals surface area contributed by atoms with Crippen molar-refractivity contribution in [3.8, 4) is 5.75 Å². The molecule has 0 aromatic heterocycles. The standard InChI is InChI=1S/C15H25NO2/c1-10(2)14(16-5)15(17)12-6-8-13(9-7-12)18-11(3)4/h6-11,14-17H,1-5H3. The van der Waals surface area contributed by atoms with Gasteiger partial charge >= 0.3 is 0 Å². The number of likely N-dealkylation sites (N-methyl/N-ethyl adjacent to an activating group) is 1. The van der Waals surface area contributed by atoms with Gasteiger partial charge in [-0.3, -0.25) is 0 Å². The van der Waals surface area contributed by atoms with Crippen LogP contribution >= 0.6 is 0 Å². The minimum Gasteiger partial charge on any atom is -0.491 e. The molecule has 1 aromatic carbocycles. The second-order valence-corrected chi connectivity index (χ2v) is 5.24. The summed E-state index contributed by atoms with van der Waals surface area (Å²) in [6.45, 7) is 8.19. The number of benzene rings is 1.